The Kier molecular flexibility index (Phi) is 6.13. The minimum Gasteiger partial charge on any atom is -0.482 e. The van der Waals surface area contributed by atoms with Crippen LogP contribution in [0.3, 0.4) is 0 Å². The van der Waals surface area contributed by atoms with Crippen molar-refractivity contribution >= 4 is 17.5 Å². The summed E-state index contributed by atoms with van der Waals surface area (Å²) in [4.78, 5) is 11.4. The average molecular weight is 282 g/mol. The number of nitrogens with two attached hydrogens (primary N) is 1. The van der Waals surface area contributed by atoms with E-state index in [1.54, 1.807) is 18.2 Å². The molecule has 0 radical (unpaired) electrons. The van der Waals surface area contributed by atoms with Gasteiger partial charge in [0.25, 0.3) is 5.91 Å². The number of carbonyl (C=O) groups is 1. The number of amides is 1. The molecule has 0 spiro atoms. The predicted octanol–water partition coefficient (Wildman–Crippen LogP) is 1.77. The van der Waals surface area contributed by atoms with Gasteiger partial charge < -0.3 is 15.8 Å². The molecule has 1 atom stereocenters. The SMILES string of the molecule is C[C@@H](N)c1ccc(OCC(=O)NCCC#N)c(Cl)c1. The lowest BCUT2D eigenvalue weighted by Gasteiger charge is -2.11. The van der Waals surface area contributed by atoms with Gasteiger partial charge in [0.15, 0.2) is 6.61 Å². The van der Waals surface area contributed by atoms with E-state index in [4.69, 9.17) is 27.3 Å². The molecule has 19 heavy (non-hydrogen) atoms. The van der Waals surface area contributed by atoms with Crippen LogP contribution in [0, 0.1) is 11.3 Å². The number of carbonyl (C=O) groups excluding carboxylic acids is 1. The van der Waals surface area contributed by atoms with Crippen LogP contribution in [0.4, 0.5) is 0 Å². The maximum Gasteiger partial charge on any atom is 0.257 e. The molecular formula is C13H16ClN3O2. The molecule has 0 fully saturated rings. The van der Waals surface area contributed by atoms with E-state index in [9.17, 15) is 4.79 Å². The van der Waals surface area contributed by atoms with Crippen molar-refractivity contribution in [2.24, 2.45) is 5.73 Å². The summed E-state index contributed by atoms with van der Waals surface area (Å²) in [5.74, 6) is 0.143. The first-order valence-electron chi connectivity index (χ1n) is 5.86. The zero-order valence-electron chi connectivity index (χ0n) is 10.6. The van der Waals surface area contributed by atoms with E-state index in [1.807, 2.05) is 13.0 Å². The Morgan fingerprint density at radius 3 is 2.95 bits per heavy atom. The summed E-state index contributed by atoms with van der Waals surface area (Å²) >= 11 is 6.03. The number of rotatable bonds is 6. The van der Waals surface area contributed by atoms with Crippen LogP contribution in [0.25, 0.3) is 0 Å². The van der Waals surface area contributed by atoms with Gasteiger partial charge in [-0.15, -0.1) is 0 Å². The monoisotopic (exact) mass is 281 g/mol. The molecule has 0 aliphatic carbocycles. The lowest BCUT2D eigenvalue weighted by molar-refractivity contribution is -0.123. The third kappa shape index (κ3) is 5.16. The highest BCUT2D eigenvalue weighted by Crippen LogP contribution is 2.27. The van der Waals surface area contributed by atoms with E-state index >= 15 is 0 Å². The number of nitriles is 1. The smallest absolute Gasteiger partial charge is 0.257 e. The molecule has 5 nitrogen and oxygen atoms in total. The summed E-state index contributed by atoms with van der Waals surface area (Å²) in [6, 6.07) is 7.03. The fourth-order valence-corrected chi connectivity index (χ4v) is 1.61. The Bertz CT molecular complexity index is 483. The number of hydrogen-bond donors (Lipinski definition) is 2. The van der Waals surface area contributed by atoms with Gasteiger partial charge in [-0.2, -0.15) is 5.26 Å². The van der Waals surface area contributed by atoms with Crippen molar-refractivity contribution in [1.29, 1.82) is 5.26 Å². The van der Waals surface area contributed by atoms with Crippen LogP contribution >= 0.6 is 11.6 Å². The molecule has 0 aliphatic rings. The molecule has 1 aromatic carbocycles. The van der Waals surface area contributed by atoms with Crippen LogP contribution in [0.1, 0.15) is 24.9 Å². The Morgan fingerprint density at radius 1 is 1.63 bits per heavy atom. The maximum absolute atomic E-state index is 11.4. The highest BCUT2D eigenvalue weighted by atomic mass is 35.5. The lowest BCUT2D eigenvalue weighted by atomic mass is 10.1. The normalized spacial score (nSPS) is 11.5. The zero-order chi connectivity index (χ0) is 14.3. The first kappa shape index (κ1) is 15.3. The molecule has 0 bridgehead atoms. The topological polar surface area (TPSA) is 88.1 Å². The van der Waals surface area contributed by atoms with Crippen LogP contribution in [-0.2, 0) is 4.79 Å². The first-order chi connectivity index (χ1) is 9.04. The number of ether oxygens (including phenoxy) is 1. The molecule has 0 saturated carbocycles. The second-order valence-corrected chi connectivity index (χ2v) is 4.43. The second kappa shape index (κ2) is 7.62. The first-order valence-corrected chi connectivity index (χ1v) is 6.24. The minimum atomic E-state index is -0.289. The summed E-state index contributed by atoms with van der Waals surface area (Å²) < 4.78 is 5.30. The number of halogens is 1. The van der Waals surface area contributed by atoms with Crippen LogP contribution in [0.15, 0.2) is 18.2 Å². The minimum absolute atomic E-state index is 0.110. The van der Waals surface area contributed by atoms with Gasteiger partial charge in [-0.3, -0.25) is 4.79 Å². The fourth-order valence-electron chi connectivity index (χ4n) is 1.37. The van der Waals surface area contributed by atoms with Gasteiger partial charge in [-0.05, 0) is 24.6 Å². The molecule has 6 heteroatoms. The highest BCUT2D eigenvalue weighted by molar-refractivity contribution is 6.32. The van der Waals surface area contributed by atoms with E-state index in [1.165, 1.54) is 0 Å². The molecular weight excluding hydrogens is 266 g/mol. The van der Waals surface area contributed by atoms with Crippen molar-refractivity contribution in [2.75, 3.05) is 13.2 Å². The van der Waals surface area contributed by atoms with Crippen molar-refractivity contribution in [2.45, 2.75) is 19.4 Å². The molecule has 1 rings (SSSR count). The summed E-state index contributed by atoms with van der Waals surface area (Å²) in [5.41, 5.74) is 6.63. The van der Waals surface area contributed by atoms with Gasteiger partial charge in [-0.25, -0.2) is 0 Å². The van der Waals surface area contributed by atoms with Crippen molar-refractivity contribution in [3.05, 3.63) is 28.8 Å². The summed E-state index contributed by atoms with van der Waals surface area (Å²) in [5, 5.41) is 11.3. The molecule has 0 aromatic heterocycles. The molecule has 102 valence electrons. The number of nitrogens with one attached hydrogen (secondary N) is 1. The number of benzene rings is 1. The maximum atomic E-state index is 11.4. The van der Waals surface area contributed by atoms with E-state index in [2.05, 4.69) is 5.32 Å². The van der Waals surface area contributed by atoms with E-state index in [0.29, 0.717) is 17.3 Å². The van der Waals surface area contributed by atoms with Crippen molar-refractivity contribution in [3.63, 3.8) is 0 Å². The second-order valence-electron chi connectivity index (χ2n) is 4.03. The Labute approximate surface area is 117 Å². The number of nitrogens with zero attached hydrogens (tertiary/aromatic N) is 1. The molecule has 0 unspecified atom stereocenters. The van der Waals surface area contributed by atoms with Gasteiger partial charge in [0.2, 0.25) is 0 Å². The van der Waals surface area contributed by atoms with E-state index in [0.717, 1.165) is 5.56 Å². The third-order valence-corrected chi connectivity index (χ3v) is 2.69. The summed E-state index contributed by atoms with van der Waals surface area (Å²) in [6.07, 6.45) is 0.273. The van der Waals surface area contributed by atoms with Crippen molar-refractivity contribution in [1.82, 2.24) is 5.32 Å². The zero-order valence-corrected chi connectivity index (χ0v) is 11.4. The van der Waals surface area contributed by atoms with Gasteiger partial charge in [-0.1, -0.05) is 17.7 Å². The van der Waals surface area contributed by atoms with Crippen LogP contribution in [0.5, 0.6) is 5.75 Å². The van der Waals surface area contributed by atoms with Crippen LogP contribution < -0.4 is 15.8 Å². The van der Waals surface area contributed by atoms with Gasteiger partial charge in [0.05, 0.1) is 17.5 Å². The standard InChI is InChI=1S/C13H16ClN3O2/c1-9(16)10-3-4-12(11(14)7-10)19-8-13(18)17-6-2-5-15/h3-4,7,9H,2,6,8,16H2,1H3,(H,17,18)/t9-/m1/s1. The average Bonchev–Trinajstić information content (AvgIpc) is 2.37. The third-order valence-electron chi connectivity index (χ3n) is 2.40. The van der Waals surface area contributed by atoms with E-state index in [-0.39, 0.29) is 25.0 Å². The molecule has 1 amide bonds. The van der Waals surface area contributed by atoms with E-state index < -0.39 is 0 Å². The fraction of sp³-hybridized carbons (Fsp3) is 0.385. The highest BCUT2D eigenvalue weighted by Gasteiger charge is 2.08. The largest absolute Gasteiger partial charge is 0.482 e. The lowest BCUT2D eigenvalue weighted by Crippen LogP contribution is -2.29. The summed E-state index contributed by atoms with van der Waals surface area (Å²) in [6.45, 7) is 2.04. The Hall–Kier alpha value is -1.77. The quantitative estimate of drug-likeness (QED) is 0.778. The van der Waals surface area contributed by atoms with Crippen LogP contribution in [0.2, 0.25) is 5.02 Å². The summed E-state index contributed by atoms with van der Waals surface area (Å²) in [7, 11) is 0. The molecule has 0 saturated heterocycles. The van der Waals surface area contributed by atoms with Gasteiger partial charge in [0, 0.05) is 12.6 Å². The van der Waals surface area contributed by atoms with Gasteiger partial charge >= 0.3 is 0 Å². The predicted molar refractivity (Wildman–Crippen MR) is 72.8 cm³/mol. The Balaban J connectivity index is 2.50. The van der Waals surface area contributed by atoms with Crippen LogP contribution in [-0.4, -0.2) is 19.1 Å². The Morgan fingerprint density at radius 2 is 2.37 bits per heavy atom. The van der Waals surface area contributed by atoms with Gasteiger partial charge in [0.1, 0.15) is 5.75 Å². The van der Waals surface area contributed by atoms with Crippen molar-refractivity contribution in [3.8, 4) is 11.8 Å². The molecule has 0 heterocycles. The van der Waals surface area contributed by atoms with Crippen molar-refractivity contribution < 1.29 is 9.53 Å². The number of hydrogen-bond acceptors (Lipinski definition) is 4. The molecule has 1 aromatic rings. The molecule has 0 aliphatic heterocycles. The molecule has 3 N–H and O–H groups in total.